The van der Waals surface area contributed by atoms with Gasteiger partial charge in [-0.3, -0.25) is 4.79 Å². The number of hydrogen-bond donors (Lipinski definition) is 3. The summed E-state index contributed by atoms with van der Waals surface area (Å²) in [6, 6.07) is 5.10. The van der Waals surface area contributed by atoms with Crippen LogP contribution in [-0.2, 0) is 6.42 Å². The first-order valence-corrected chi connectivity index (χ1v) is 5.90. The van der Waals surface area contributed by atoms with E-state index in [0.29, 0.717) is 30.0 Å². The third kappa shape index (κ3) is 3.04. The fraction of sp³-hybridized carbons (Fsp3) is 0.231. The minimum atomic E-state index is -0.205. The molecule has 0 radical (unpaired) electrons. The average molecular weight is 260 g/mol. The summed E-state index contributed by atoms with van der Waals surface area (Å²) in [6.45, 7) is 0.513. The maximum atomic E-state index is 12.0. The molecule has 1 heterocycles. The molecule has 0 atom stereocenters. The number of nitrogens with two attached hydrogens (primary N) is 1. The van der Waals surface area contributed by atoms with Gasteiger partial charge in [0.2, 0.25) is 0 Å². The lowest BCUT2D eigenvalue weighted by molar-refractivity contribution is 0.0951. The summed E-state index contributed by atoms with van der Waals surface area (Å²) >= 11 is 0. The van der Waals surface area contributed by atoms with Crippen molar-refractivity contribution < 1.29 is 9.53 Å². The minimum Gasteiger partial charge on any atom is -0.494 e. The SMILES string of the molecule is COc1c(N)cccc1C(=O)NCCc1cnc[nH]1. The summed E-state index contributed by atoms with van der Waals surface area (Å²) in [5.41, 5.74) is 7.61. The van der Waals surface area contributed by atoms with Crippen molar-refractivity contribution in [2.75, 3.05) is 19.4 Å². The van der Waals surface area contributed by atoms with E-state index < -0.39 is 0 Å². The van der Waals surface area contributed by atoms with Crippen LogP contribution in [0, 0.1) is 0 Å². The number of benzene rings is 1. The number of ether oxygens (including phenoxy) is 1. The van der Waals surface area contributed by atoms with Crippen molar-refractivity contribution in [1.82, 2.24) is 15.3 Å². The number of nitrogen functional groups attached to an aromatic ring is 1. The van der Waals surface area contributed by atoms with Gasteiger partial charge in [-0.2, -0.15) is 0 Å². The number of para-hydroxylation sites is 1. The number of imidazole rings is 1. The number of nitrogens with one attached hydrogen (secondary N) is 2. The topological polar surface area (TPSA) is 93.0 Å². The van der Waals surface area contributed by atoms with Gasteiger partial charge in [0.25, 0.3) is 5.91 Å². The Morgan fingerprint density at radius 3 is 3.05 bits per heavy atom. The first-order chi connectivity index (χ1) is 9.22. The molecule has 100 valence electrons. The highest BCUT2D eigenvalue weighted by molar-refractivity contribution is 5.98. The zero-order valence-electron chi connectivity index (χ0n) is 10.6. The molecule has 0 saturated carbocycles. The van der Waals surface area contributed by atoms with Crippen molar-refractivity contribution in [1.29, 1.82) is 0 Å². The third-order valence-corrected chi connectivity index (χ3v) is 2.73. The van der Waals surface area contributed by atoms with Crippen LogP contribution in [0.1, 0.15) is 16.1 Å². The molecule has 4 N–H and O–H groups in total. The summed E-state index contributed by atoms with van der Waals surface area (Å²) < 4.78 is 5.15. The molecule has 1 aromatic heterocycles. The summed E-state index contributed by atoms with van der Waals surface area (Å²) in [7, 11) is 1.49. The van der Waals surface area contributed by atoms with Gasteiger partial charge < -0.3 is 20.8 Å². The van der Waals surface area contributed by atoms with Crippen LogP contribution in [0.25, 0.3) is 0 Å². The predicted octanol–water partition coefficient (Wildman–Crippen LogP) is 0.973. The molecule has 0 saturated heterocycles. The number of aromatic nitrogens is 2. The zero-order chi connectivity index (χ0) is 13.7. The van der Waals surface area contributed by atoms with Gasteiger partial charge >= 0.3 is 0 Å². The molecular formula is C13H16N4O2. The second-order valence-electron chi connectivity index (χ2n) is 4.01. The number of carbonyl (C=O) groups is 1. The number of amides is 1. The molecule has 0 aliphatic carbocycles. The Hall–Kier alpha value is -2.50. The number of H-pyrrole nitrogens is 1. The van der Waals surface area contributed by atoms with Gasteiger partial charge in [-0.25, -0.2) is 4.98 Å². The lowest BCUT2D eigenvalue weighted by Gasteiger charge is -2.10. The minimum absolute atomic E-state index is 0.205. The van der Waals surface area contributed by atoms with E-state index in [1.165, 1.54) is 7.11 Å². The Labute approximate surface area is 111 Å². The second-order valence-corrected chi connectivity index (χ2v) is 4.01. The monoisotopic (exact) mass is 260 g/mol. The van der Waals surface area contributed by atoms with Gasteiger partial charge in [-0.15, -0.1) is 0 Å². The van der Waals surface area contributed by atoms with E-state index in [1.54, 1.807) is 30.7 Å². The molecule has 0 aliphatic heterocycles. The lowest BCUT2D eigenvalue weighted by Crippen LogP contribution is -2.26. The van der Waals surface area contributed by atoms with Crippen molar-refractivity contribution in [2.45, 2.75) is 6.42 Å². The average Bonchev–Trinajstić information content (AvgIpc) is 2.91. The number of hydrogen-bond acceptors (Lipinski definition) is 4. The number of carbonyl (C=O) groups excluding carboxylic acids is 1. The molecule has 6 heteroatoms. The standard InChI is InChI=1S/C13H16N4O2/c1-19-12-10(3-2-4-11(12)14)13(18)16-6-5-9-7-15-8-17-9/h2-4,7-8H,5-6,14H2,1H3,(H,15,17)(H,16,18). The van der Waals surface area contributed by atoms with Gasteiger partial charge in [-0.1, -0.05) is 6.07 Å². The number of aromatic amines is 1. The highest BCUT2D eigenvalue weighted by atomic mass is 16.5. The van der Waals surface area contributed by atoms with Gasteiger partial charge in [0.15, 0.2) is 5.75 Å². The maximum absolute atomic E-state index is 12.0. The predicted molar refractivity (Wildman–Crippen MR) is 72.0 cm³/mol. The van der Waals surface area contributed by atoms with E-state index in [2.05, 4.69) is 15.3 Å². The first-order valence-electron chi connectivity index (χ1n) is 5.90. The van der Waals surface area contributed by atoms with Crippen LogP contribution in [0.5, 0.6) is 5.75 Å². The van der Waals surface area contributed by atoms with E-state index in [1.807, 2.05) is 0 Å². The van der Waals surface area contributed by atoms with E-state index in [9.17, 15) is 4.79 Å². The Kier molecular flexibility index (Phi) is 4.02. The third-order valence-electron chi connectivity index (χ3n) is 2.73. The highest BCUT2D eigenvalue weighted by Crippen LogP contribution is 2.25. The van der Waals surface area contributed by atoms with Crippen molar-refractivity contribution >= 4 is 11.6 Å². The molecule has 19 heavy (non-hydrogen) atoms. The quantitative estimate of drug-likeness (QED) is 0.698. The van der Waals surface area contributed by atoms with Crippen molar-refractivity contribution in [3.63, 3.8) is 0 Å². The van der Waals surface area contributed by atoms with E-state index in [0.717, 1.165) is 5.69 Å². The smallest absolute Gasteiger partial charge is 0.255 e. The number of methoxy groups -OCH3 is 1. The summed E-state index contributed by atoms with van der Waals surface area (Å²) in [5.74, 6) is 0.199. The van der Waals surface area contributed by atoms with Crippen LogP contribution >= 0.6 is 0 Å². The van der Waals surface area contributed by atoms with Crippen LogP contribution in [0.2, 0.25) is 0 Å². The molecule has 0 unspecified atom stereocenters. The Morgan fingerprint density at radius 1 is 1.53 bits per heavy atom. The molecule has 2 rings (SSSR count). The van der Waals surface area contributed by atoms with Crippen molar-refractivity contribution in [3.05, 3.63) is 42.0 Å². The van der Waals surface area contributed by atoms with Crippen LogP contribution < -0.4 is 15.8 Å². The molecule has 1 amide bonds. The van der Waals surface area contributed by atoms with Gasteiger partial charge in [0.1, 0.15) is 0 Å². The highest BCUT2D eigenvalue weighted by Gasteiger charge is 2.13. The lowest BCUT2D eigenvalue weighted by atomic mass is 10.1. The molecule has 0 aliphatic rings. The van der Waals surface area contributed by atoms with E-state index in [4.69, 9.17) is 10.5 Å². The molecule has 1 aromatic carbocycles. The van der Waals surface area contributed by atoms with Crippen molar-refractivity contribution in [2.24, 2.45) is 0 Å². The largest absolute Gasteiger partial charge is 0.494 e. The molecule has 2 aromatic rings. The van der Waals surface area contributed by atoms with Gasteiger partial charge in [-0.05, 0) is 12.1 Å². The second kappa shape index (κ2) is 5.90. The van der Waals surface area contributed by atoms with Gasteiger partial charge in [0, 0.05) is 24.9 Å². The number of rotatable bonds is 5. The molecule has 0 fully saturated rings. The maximum Gasteiger partial charge on any atom is 0.255 e. The molecule has 0 spiro atoms. The van der Waals surface area contributed by atoms with E-state index >= 15 is 0 Å². The molecule has 0 bridgehead atoms. The first kappa shape index (κ1) is 12.9. The Bertz CT molecular complexity index is 552. The Balaban J connectivity index is 1.98. The molecular weight excluding hydrogens is 244 g/mol. The number of anilines is 1. The van der Waals surface area contributed by atoms with Crippen molar-refractivity contribution in [3.8, 4) is 5.75 Å². The molecule has 6 nitrogen and oxygen atoms in total. The van der Waals surface area contributed by atoms with Crippen LogP contribution in [0.15, 0.2) is 30.7 Å². The van der Waals surface area contributed by atoms with Crippen LogP contribution in [0.3, 0.4) is 0 Å². The van der Waals surface area contributed by atoms with Gasteiger partial charge in [0.05, 0.1) is 24.7 Å². The van der Waals surface area contributed by atoms with E-state index in [-0.39, 0.29) is 5.91 Å². The summed E-state index contributed by atoms with van der Waals surface area (Å²) in [5, 5.41) is 2.82. The van der Waals surface area contributed by atoms with Crippen LogP contribution in [-0.4, -0.2) is 29.5 Å². The fourth-order valence-corrected chi connectivity index (χ4v) is 1.79. The summed E-state index contributed by atoms with van der Waals surface area (Å²) in [4.78, 5) is 18.9. The normalized spacial score (nSPS) is 10.2. The Morgan fingerprint density at radius 2 is 2.37 bits per heavy atom. The summed E-state index contributed by atoms with van der Waals surface area (Å²) in [6.07, 6.45) is 4.03. The zero-order valence-corrected chi connectivity index (χ0v) is 10.6. The fourth-order valence-electron chi connectivity index (χ4n) is 1.79. The van der Waals surface area contributed by atoms with Crippen LogP contribution in [0.4, 0.5) is 5.69 Å². The number of nitrogens with zero attached hydrogens (tertiary/aromatic N) is 1.